The number of nitrogen functional groups attached to an aromatic ring is 1. The molecule has 6 heteroatoms. The van der Waals surface area contributed by atoms with E-state index in [4.69, 9.17) is 10.5 Å². The molecule has 1 heterocycles. The van der Waals surface area contributed by atoms with Crippen molar-refractivity contribution in [3.63, 3.8) is 0 Å². The van der Waals surface area contributed by atoms with Gasteiger partial charge in [-0.25, -0.2) is 4.39 Å². The lowest BCUT2D eigenvalue weighted by Crippen LogP contribution is -1.91. The van der Waals surface area contributed by atoms with E-state index in [9.17, 15) is 4.39 Å². The highest BCUT2D eigenvalue weighted by Crippen LogP contribution is 2.27. The number of hydrogen-bond donors (Lipinski definition) is 1. The third-order valence-electron chi connectivity index (χ3n) is 1.94. The first kappa shape index (κ1) is 9.85. The molecule has 15 heavy (non-hydrogen) atoms. The van der Waals surface area contributed by atoms with Crippen molar-refractivity contribution < 1.29 is 9.13 Å². The van der Waals surface area contributed by atoms with Gasteiger partial charge in [0.1, 0.15) is 5.69 Å². The summed E-state index contributed by atoms with van der Waals surface area (Å²) < 4.78 is 26.0. The summed E-state index contributed by atoms with van der Waals surface area (Å²) in [4.78, 5) is 0. The van der Waals surface area contributed by atoms with E-state index in [1.165, 1.54) is 19.2 Å². The molecule has 0 bridgehead atoms. The standard InChI is InChI=1S/C9H8FN3OS/c1-14-7-3-2-5(4-6(7)10)8-9(11)13-15-12-8/h2-4H,1H3,(H2,11,13). The zero-order valence-electron chi connectivity index (χ0n) is 7.90. The molecule has 0 aliphatic carbocycles. The lowest BCUT2D eigenvalue weighted by molar-refractivity contribution is 0.386. The van der Waals surface area contributed by atoms with E-state index in [1.807, 2.05) is 0 Å². The normalized spacial score (nSPS) is 10.3. The number of nitrogens with zero attached hydrogens (tertiary/aromatic N) is 2. The van der Waals surface area contributed by atoms with Crippen LogP contribution in [-0.4, -0.2) is 15.9 Å². The number of rotatable bonds is 2. The Morgan fingerprint density at radius 2 is 2.20 bits per heavy atom. The fourth-order valence-electron chi connectivity index (χ4n) is 1.21. The Kier molecular flexibility index (Phi) is 2.51. The summed E-state index contributed by atoms with van der Waals surface area (Å²) in [5.74, 6) is 0.0625. The lowest BCUT2D eigenvalue weighted by atomic mass is 10.1. The van der Waals surface area contributed by atoms with Crippen molar-refractivity contribution in [1.29, 1.82) is 0 Å². The van der Waals surface area contributed by atoms with Crippen molar-refractivity contribution in [3.05, 3.63) is 24.0 Å². The predicted octanol–water partition coefficient (Wildman–Crippen LogP) is 1.93. The van der Waals surface area contributed by atoms with Gasteiger partial charge in [0.15, 0.2) is 17.4 Å². The Morgan fingerprint density at radius 3 is 2.73 bits per heavy atom. The van der Waals surface area contributed by atoms with Crippen LogP contribution in [0.15, 0.2) is 18.2 Å². The van der Waals surface area contributed by atoms with Crippen LogP contribution in [0.1, 0.15) is 0 Å². The zero-order valence-corrected chi connectivity index (χ0v) is 8.71. The van der Waals surface area contributed by atoms with Gasteiger partial charge < -0.3 is 10.5 Å². The molecule has 0 amide bonds. The number of aromatic nitrogens is 2. The summed E-state index contributed by atoms with van der Waals surface area (Å²) in [5.41, 5.74) is 6.67. The van der Waals surface area contributed by atoms with Crippen LogP contribution in [0.2, 0.25) is 0 Å². The van der Waals surface area contributed by atoms with Gasteiger partial charge in [-0.3, -0.25) is 0 Å². The molecule has 0 spiro atoms. The van der Waals surface area contributed by atoms with Gasteiger partial charge in [-0.05, 0) is 18.2 Å². The van der Waals surface area contributed by atoms with Gasteiger partial charge in [0, 0.05) is 5.56 Å². The maximum Gasteiger partial charge on any atom is 0.165 e. The van der Waals surface area contributed by atoms with Crippen LogP contribution < -0.4 is 10.5 Å². The second kappa shape index (κ2) is 3.82. The van der Waals surface area contributed by atoms with Crippen molar-refractivity contribution in [2.75, 3.05) is 12.8 Å². The van der Waals surface area contributed by atoms with Gasteiger partial charge in [-0.15, -0.1) is 0 Å². The minimum Gasteiger partial charge on any atom is -0.494 e. The molecule has 0 unspecified atom stereocenters. The fourth-order valence-corrected chi connectivity index (χ4v) is 1.71. The number of hydrogen-bond acceptors (Lipinski definition) is 5. The molecule has 0 atom stereocenters. The van der Waals surface area contributed by atoms with Crippen LogP contribution in [0.3, 0.4) is 0 Å². The van der Waals surface area contributed by atoms with Crippen LogP contribution in [0, 0.1) is 5.82 Å². The van der Waals surface area contributed by atoms with Crippen molar-refractivity contribution in [2.45, 2.75) is 0 Å². The predicted molar refractivity (Wildman–Crippen MR) is 56.3 cm³/mol. The number of methoxy groups -OCH3 is 1. The first-order chi connectivity index (χ1) is 7.22. The number of anilines is 1. The summed E-state index contributed by atoms with van der Waals surface area (Å²) in [6.07, 6.45) is 0. The van der Waals surface area contributed by atoms with Crippen LogP contribution >= 0.6 is 11.7 Å². The van der Waals surface area contributed by atoms with Crippen molar-refractivity contribution >= 4 is 17.5 Å². The molecule has 2 aromatic rings. The van der Waals surface area contributed by atoms with E-state index in [2.05, 4.69) is 8.75 Å². The van der Waals surface area contributed by atoms with E-state index in [0.717, 1.165) is 11.7 Å². The Morgan fingerprint density at radius 1 is 1.40 bits per heavy atom. The first-order valence-corrected chi connectivity index (χ1v) is 4.87. The Hall–Kier alpha value is -1.69. The highest BCUT2D eigenvalue weighted by molar-refractivity contribution is 6.99. The quantitative estimate of drug-likeness (QED) is 0.848. The largest absolute Gasteiger partial charge is 0.494 e. The third-order valence-corrected chi connectivity index (χ3v) is 2.48. The van der Waals surface area contributed by atoms with Crippen molar-refractivity contribution in [2.24, 2.45) is 0 Å². The zero-order chi connectivity index (χ0) is 10.8. The molecular weight excluding hydrogens is 217 g/mol. The van der Waals surface area contributed by atoms with Crippen molar-refractivity contribution in [3.8, 4) is 17.0 Å². The summed E-state index contributed by atoms with van der Waals surface area (Å²) in [5, 5.41) is 0. The SMILES string of the molecule is COc1ccc(-c2nsnc2N)cc1F. The highest BCUT2D eigenvalue weighted by atomic mass is 32.1. The Bertz CT molecular complexity index is 486. The molecule has 78 valence electrons. The molecule has 1 aromatic carbocycles. The van der Waals surface area contributed by atoms with E-state index < -0.39 is 5.82 Å². The minimum absolute atomic E-state index is 0.195. The monoisotopic (exact) mass is 225 g/mol. The van der Waals surface area contributed by atoms with Gasteiger partial charge in [0.25, 0.3) is 0 Å². The second-order valence-corrected chi connectivity index (χ2v) is 3.38. The molecule has 2 N–H and O–H groups in total. The number of benzene rings is 1. The number of ether oxygens (including phenoxy) is 1. The number of nitrogens with two attached hydrogens (primary N) is 1. The van der Waals surface area contributed by atoms with E-state index in [1.54, 1.807) is 6.07 Å². The van der Waals surface area contributed by atoms with Crippen LogP contribution in [0.5, 0.6) is 5.75 Å². The third kappa shape index (κ3) is 1.75. The molecule has 2 rings (SSSR count). The van der Waals surface area contributed by atoms with Crippen LogP contribution in [0.25, 0.3) is 11.3 Å². The second-order valence-electron chi connectivity index (χ2n) is 2.85. The summed E-state index contributed by atoms with van der Waals surface area (Å²) in [7, 11) is 1.41. The van der Waals surface area contributed by atoms with Crippen LogP contribution in [0.4, 0.5) is 10.2 Å². The van der Waals surface area contributed by atoms with Crippen molar-refractivity contribution in [1.82, 2.24) is 8.75 Å². The molecule has 0 radical (unpaired) electrons. The lowest BCUT2D eigenvalue weighted by Gasteiger charge is -2.03. The van der Waals surface area contributed by atoms with E-state index in [0.29, 0.717) is 17.1 Å². The minimum atomic E-state index is -0.442. The van der Waals surface area contributed by atoms with Gasteiger partial charge in [-0.1, -0.05) is 0 Å². The highest BCUT2D eigenvalue weighted by Gasteiger charge is 2.10. The van der Waals surface area contributed by atoms with Gasteiger partial charge in [-0.2, -0.15) is 8.75 Å². The topological polar surface area (TPSA) is 61.0 Å². The molecule has 1 aromatic heterocycles. The first-order valence-electron chi connectivity index (χ1n) is 4.14. The molecule has 0 saturated heterocycles. The summed E-state index contributed by atoms with van der Waals surface area (Å²) >= 11 is 0.998. The Balaban J connectivity index is 2.47. The molecule has 0 aliphatic heterocycles. The van der Waals surface area contributed by atoms with Gasteiger partial charge in [0.2, 0.25) is 0 Å². The molecule has 0 aliphatic rings. The average molecular weight is 225 g/mol. The van der Waals surface area contributed by atoms with E-state index >= 15 is 0 Å². The van der Waals surface area contributed by atoms with Crippen LogP contribution in [-0.2, 0) is 0 Å². The smallest absolute Gasteiger partial charge is 0.165 e. The number of halogens is 1. The van der Waals surface area contributed by atoms with Gasteiger partial charge >= 0.3 is 0 Å². The molecule has 0 saturated carbocycles. The molecule has 4 nitrogen and oxygen atoms in total. The fraction of sp³-hybridized carbons (Fsp3) is 0.111. The summed E-state index contributed by atoms with van der Waals surface area (Å²) in [6.45, 7) is 0. The Labute approximate surface area is 89.8 Å². The molecule has 0 fully saturated rings. The van der Waals surface area contributed by atoms with E-state index in [-0.39, 0.29) is 5.75 Å². The summed E-state index contributed by atoms with van der Waals surface area (Å²) in [6, 6.07) is 4.55. The van der Waals surface area contributed by atoms with Gasteiger partial charge in [0.05, 0.1) is 18.8 Å². The maximum absolute atomic E-state index is 13.4. The average Bonchev–Trinajstić information content (AvgIpc) is 2.64. The maximum atomic E-state index is 13.4. The molecular formula is C9H8FN3OS.